The van der Waals surface area contributed by atoms with Crippen LogP contribution in [0.25, 0.3) is 0 Å². The van der Waals surface area contributed by atoms with Gasteiger partial charge >= 0.3 is 0 Å². The lowest BCUT2D eigenvalue weighted by Crippen LogP contribution is -2.41. The Bertz CT molecular complexity index is 851. The summed E-state index contributed by atoms with van der Waals surface area (Å²) in [4.78, 5) is 17.0. The highest BCUT2D eigenvalue weighted by atomic mass is 19.1. The molecule has 29 heavy (non-hydrogen) atoms. The number of aliphatic imine (C=N–C) groups is 1. The number of nitrogens with one attached hydrogen (secondary N) is 1. The number of benzene rings is 2. The lowest BCUT2D eigenvalue weighted by atomic mass is 10.1. The summed E-state index contributed by atoms with van der Waals surface area (Å²) in [5.74, 6) is 0.859. The summed E-state index contributed by atoms with van der Waals surface area (Å²) in [6.45, 7) is 3.14. The number of non-ortho nitro benzene ring substituents is 1. The maximum absolute atomic E-state index is 13.5. The number of nitro benzene ring substituents is 1. The van der Waals surface area contributed by atoms with Crippen molar-refractivity contribution in [3.8, 4) is 0 Å². The Balaban J connectivity index is 1.69. The second kappa shape index (κ2) is 9.97. The second-order valence-electron chi connectivity index (χ2n) is 7.16. The summed E-state index contributed by atoms with van der Waals surface area (Å²) in [5.41, 5.74) is 1.78. The van der Waals surface area contributed by atoms with Crippen LogP contribution in [-0.2, 0) is 17.8 Å². The van der Waals surface area contributed by atoms with Crippen LogP contribution in [0.3, 0.4) is 0 Å². The Labute approximate surface area is 169 Å². The fourth-order valence-corrected chi connectivity index (χ4v) is 3.16. The molecule has 0 aromatic heterocycles. The van der Waals surface area contributed by atoms with Gasteiger partial charge in [0.1, 0.15) is 5.82 Å². The van der Waals surface area contributed by atoms with E-state index in [0.29, 0.717) is 25.0 Å². The van der Waals surface area contributed by atoms with Crippen molar-refractivity contribution in [2.24, 2.45) is 10.9 Å². The Morgan fingerprint density at radius 1 is 1.31 bits per heavy atom. The van der Waals surface area contributed by atoms with Gasteiger partial charge in [-0.2, -0.15) is 0 Å². The maximum atomic E-state index is 13.5. The minimum absolute atomic E-state index is 0.0560. The largest absolute Gasteiger partial charge is 0.381 e. The predicted molar refractivity (Wildman–Crippen MR) is 109 cm³/mol. The van der Waals surface area contributed by atoms with Gasteiger partial charge in [0.2, 0.25) is 0 Å². The second-order valence-corrected chi connectivity index (χ2v) is 7.16. The number of guanidine groups is 1. The van der Waals surface area contributed by atoms with Crippen LogP contribution >= 0.6 is 0 Å². The standard InChI is InChI=1S/C21H25FN4O3/c1-25(14-17-3-2-4-19(22)11-17)21(24-13-18-9-10-29-15-18)23-12-16-5-7-20(8-6-16)26(27)28/h2-8,11,18H,9-10,12-15H2,1H3,(H,23,24). The first kappa shape index (κ1) is 20.7. The maximum Gasteiger partial charge on any atom is 0.269 e. The minimum Gasteiger partial charge on any atom is -0.381 e. The third-order valence-electron chi connectivity index (χ3n) is 4.80. The number of hydrogen-bond donors (Lipinski definition) is 1. The van der Waals surface area contributed by atoms with Crippen molar-refractivity contribution < 1.29 is 14.1 Å². The Kier molecular flexibility index (Phi) is 7.13. The first-order valence-electron chi connectivity index (χ1n) is 9.56. The van der Waals surface area contributed by atoms with Gasteiger partial charge in [0.05, 0.1) is 18.1 Å². The highest BCUT2D eigenvalue weighted by Crippen LogP contribution is 2.14. The molecule has 0 saturated carbocycles. The Hall–Kier alpha value is -3.00. The molecule has 7 nitrogen and oxygen atoms in total. The molecule has 154 valence electrons. The van der Waals surface area contributed by atoms with Crippen LogP contribution < -0.4 is 5.32 Å². The molecule has 1 heterocycles. The van der Waals surface area contributed by atoms with Crippen molar-refractivity contribution in [2.75, 3.05) is 26.8 Å². The summed E-state index contributed by atoms with van der Waals surface area (Å²) in [7, 11) is 1.90. The molecule has 1 atom stereocenters. The molecule has 1 aliphatic heterocycles. The molecular formula is C21H25FN4O3. The van der Waals surface area contributed by atoms with Gasteiger partial charge in [0.15, 0.2) is 5.96 Å². The van der Waals surface area contributed by atoms with Gasteiger partial charge in [0.25, 0.3) is 5.69 Å². The monoisotopic (exact) mass is 400 g/mol. The van der Waals surface area contributed by atoms with E-state index in [-0.39, 0.29) is 11.5 Å². The molecule has 1 unspecified atom stereocenters. The molecule has 2 aromatic carbocycles. The van der Waals surface area contributed by atoms with E-state index in [2.05, 4.69) is 10.3 Å². The fourth-order valence-electron chi connectivity index (χ4n) is 3.16. The zero-order chi connectivity index (χ0) is 20.6. The molecule has 0 amide bonds. The fraction of sp³-hybridized carbons (Fsp3) is 0.381. The molecule has 1 N–H and O–H groups in total. The molecule has 0 radical (unpaired) electrons. The van der Waals surface area contributed by atoms with Gasteiger partial charge < -0.3 is 15.0 Å². The SMILES string of the molecule is CN(Cc1cccc(F)c1)C(=NCc1ccc([N+](=O)[O-])cc1)NCC1CCOC1. The van der Waals surface area contributed by atoms with E-state index in [4.69, 9.17) is 4.74 Å². The smallest absolute Gasteiger partial charge is 0.269 e. The van der Waals surface area contributed by atoms with E-state index >= 15 is 0 Å². The van der Waals surface area contributed by atoms with Crippen molar-refractivity contribution in [3.05, 3.63) is 75.6 Å². The average Bonchev–Trinajstić information content (AvgIpc) is 3.22. The van der Waals surface area contributed by atoms with Crippen LogP contribution in [0.5, 0.6) is 0 Å². The number of hydrogen-bond acceptors (Lipinski definition) is 4. The van der Waals surface area contributed by atoms with Crippen LogP contribution in [0.1, 0.15) is 17.5 Å². The molecule has 0 aliphatic carbocycles. The van der Waals surface area contributed by atoms with Crippen molar-refractivity contribution in [3.63, 3.8) is 0 Å². The molecule has 0 bridgehead atoms. The molecule has 0 spiro atoms. The summed E-state index contributed by atoms with van der Waals surface area (Å²) in [6.07, 6.45) is 1.01. The number of nitro groups is 1. The van der Waals surface area contributed by atoms with E-state index in [1.807, 2.05) is 18.0 Å². The van der Waals surface area contributed by atoms with Gasteiger partial charge in [-0.15, -0.1) is 0 Å². The van der Waals surface area contributed by atoms with E-state index in [9.17, 15) is 14.5 Å². The number of rotatable bonds is 7. The Morgan fingerprint density at radius 3 is 2.76 bits per heavy atom. The van der Waals surface area contributed by atoms with Crippen molar-refractivity contribution in [1.29, 1.82) is 0 Å². The molecule has 1 fully saturated rings. The zero-order valence-corrected chi connectivity index (χ0v) is 16.4. The predicted octanol–water partition coefficient (Wildman–Crippen LogP) is 3.35. The van der Waals surface area contributed by atoms with Gasteiger partial charge in [-0.05, 0) is 29.7 Å². The summed E-state index contributed by atoms with van der Waals surface area (Å²) < 4.78 is 18.9. The Morgan fingerprint density at radius 2 is 2.10 bits per heavy atom. The first-order chi connectivity index (χ1) is 14.0. The first-order valence-corrected chi connectivity index (χ1v) is 9.56. The number of nitrogens with zero attached hydrogens (tertiary/aromatic N) is 3. The van der Waals surface area contributed by atoms with Crippen LogP contribution in [0, 0.1) is 21.8 Å². The number of ether oxygens (including phenoxy) is 1. The zero-order valence-electron chi connectivity index (χ0n) is 16.4. The quantitative estimate of drug-likeness (QED) is 0.334. The third-order valence-corrected chi connectivity index (χ3v) is 4.80. The van der Waals surface area contributed by atoms with Gasteiger partial charge in [-0.3, -0.25) is 10.1 Å². The van der Waals surface area contributed by atoms with Gasteiger partial charge in [0, 0.05) is 44.8 Å². The van der Waals surface area contributed by atoms with Crippen LogP contribution in [0.15, 0.2) is 53.5 Å². The summed E-state index contributed by atoms with van der Waals surface area (Å²) in [5, 5.41) is 14.2. The molecule has 1 aliphatic rings. The average molecular weight is 400 g/mol. The van der Waals surface area contributed by atoms with Crippen LogP contribution in [-0.4, -0.2) is 42.6 Å². The highest BCUT2D eigenvalue weighted by Gasteiger charge is 2.17. The van der Waals surface area contributed by atoms with Crippen LogP contribution in [0.4, 0.5) is 10.1 Å². The number of halogens is 1. The molecular weight excluding hydrogens is 375 g/mol. The molecule has 8 heteroatoms. The lowest BCUT2D eigenvalue weighted by Gasteiger charge is -2.24. The van der Waals surface area contributed by atoms with E-state index in [0.717, 1.165) is 37.3 Å². The summed E-state index contributed by atoms with van der Waals surface area (Å²) in [6, 6.07) is 12.9. The molecule has 1 saturated heterocycles. The van der Waals surface area contributed by atoms with Crippen molar-refractivity contribution >= 4 is 11.6 Å². The van der Waals surface area contributed by atoms with Crippen LogP contribution in [0.2, 0.25) is 0 Å². The minimum atomic E-state index is -0.420. The highest BCUT2D eigenvalue weighted by molar-refractivity contribution is 5.79. The topological polar surface area (TPSA) is 80.0 Å². The van der Waals surface area contributed by atoms with E-state index in [1.54, 1.807) is 18.2 Å². The molecule has 3 rings (SSSR count). The van der Waals surface area contributed by atoms with E-state index < -0.39 is 4.92 Å². The lowest BCUT2D eigenvalue weighted by molar-refractivity contribution is -0.384. The van der Waals surface area contributed by atoms with Gasteiger partial charge in [-0.25, -0.2) is 9.38 Å². The van der Waals surface area contributed by atoms with Crippen molar-refractivity contribution in [1.82, 2.24) is 10.2 Å². The summed E-state index contributed by atoms with van der Waals surface area (Å²) >= 11 is 0. The third kappa shape index (κ3) is 6.25. The molecule has 2 aromatic rings. The van der Waals surface area contributed by atoms with Crippen molar-refractivity contribution in [2.45, 2.75) is 19.5 Å². The van der Waals surface area contributed by atoms with Gasteiger partial charge in [-0.1, -0.05) is 24.3 Å². The normalized spacial score (nSPS) is 16.6. The van der Waals surface area contributed by atoms with E-state index in [1.165, 1.54) is 24.3 Å².